The minimum atomic E-state index is -0.415. The maximum Gasteiger partial charge on any atom is 0.311 e. The van der Waals surface area contributed by atoms with E-state index in [0.717, 1.165) is 11.3 Å². The number of nitrogens with zero attached hydrogens (tertiary/aromatic N) is 4. The first-order chi connectivity index (χ1) is 9.08. The number of hydrogen-bond donors (Lipinski definition) is 0. The molecule has 0 aliphatic rings. The van der Waals surface area contributed by atoms with Crippen LogP contribution in [0.25, 0.3) is 0 Å². The lowest BCUT2D eigenvalue weighted by atomic mass is 10.2. The van der Waals surface area contributed by atoms with Crippen molar-refractivity contribution in [3.8, 4) is 0 Å². The lowest BCUT2D eigenvalue weighted by molar-refractivity contribution is -0.384. The van der Waals surface area contributed by atoms with Crippen molar-refractivity contribution in [2.45, 2.75) is 13.5 Å². The van der Waals surface area contributed by atoms with E-state index in [1.165, 1.54) is 6.07 Å². The van der Waals surface area contributed by atoms with Gasteiger partial charge in [0, 0.05) is 37.7 Å². The highest BCUT2D eigenvalue weighted by Crippen LogP contribution is 2.26. The normalized spacial score (nSPS) is 10.2. The fourth-order valence-corrected chi connectivity index (χ4v) is 1.80. The molecule has 0 atom stereocenters. The third-order valence-corrected chi connectivity index (χ3v) is 2.69. The number of aromatic nitrogens is 2. The Labute approximate surface area is 110 Å². The molecule has 0 spiro atoms. The molecular formula is C13H14N4O2. The topological polar surface area (TPSA) is 72.2 Å². The Morgan fingerprint density at radius 1 is 1.37 bits per heavy atom. The van der Waals surface area contributed by atoms with Gasteiger partial charge in [0.05, 0.1) is 4.92 Å². The number of hydrogen-bond acceptors (Lipinski definition) is 5. The van der Waals surface area contributed by atoms with Gasteiger partial charge in [0.1, 0.15) is 0 Å². The monoisotopic (exact) mass is 258 g/mol. The van der Waals surface area contributed by atoms with E-state index in [-0.39, 0.29) is 5.69 Å². The van der Waals surface area contributed by atoms with E-state index in [4.69, 9.17) is 0 Å². The third kappa shape index (κ3) is 3.04. The molecule has 2 rings (SSSR count). The predicted molar refractivity (Wildman–Crippen MR) is 72.0 cm³/mol. The molecule has 0 bridgehead atoms. The molecular weight excluding hydrogens is 244 g/mol. The van der Waals surface area contributed by atoms with E-state index in [0.29, 0.717) is 12.4 Å². The number of pyridine rings is 2. The number of nitro groups is 1. The molecule has 0 radical (unpaired) electrons. The summed E-state index contributed by atoms with van der Waals surface area (Å²) >= 11 is 0. The van der Waals surface area contributed by atoms with Crippen LogP contribution in [-0.2, 0) is 6.54 Å². The van der Waals surface area contributed by atoms with Crippen molar-refractivity contribution in [2.24, 2.45) is 0 Å². The Hall–Kier alpha value is -2.50. The van der Waals surface area contributed by atoms with Crippen LogP contribution in [0, 0.1) is 17.0 Å². The van der Waals surface area contributed by atoms with Gasteiger partial charge in [-0.2, -0.15) is 0 Å². The van der Waals surface area contributed by atoms with Gasteiger partial charge in [0.25, 0.3) is 0 Å². The summed E-state index contributed by atoms with van der Waals surface area (Å²) < 4.78 is 0. The number of rotatable bonds is 4. The van der Waals surface area contributed by atoms with Crippen LogP contribution in [0.3, 0.4) is 0 Å². The summed E-state index contributed by atoms with van der Waals surface area (Å²) in [5.74, 6) is 0.369. The molecule has 0 aliphatic carbocycles. The van der Waals surface area contributed by atoms with Crippen molar-refractivity contribution in [1.82, 2.24) is 9.97 Å². The standard InChI is InChI=1S/C13H14N4O2/c1-10-5-6-12(17(18)19)13(15-10)16(2)9-11-4-3-7-14-8-11/h3-8H,9H2,1-2H3. The number of aryl methyl sites for hydroxylation is 1. The molecule has 6 heteroatoms. The highest BCUT2D eigenvalue weighted by molar-refractivity contribution is 5.57. The van der Waals surface area contributed by atoms with E-state index >= 15 is 0 Å². The quantitative estimate of drug-likeness (QED) is 0.621. The zero-order valence-electron chi connectivity index (χ0n) is 10.8. The third-order valence-electron chi connectivity index (χ3n) is 2.69. The summed E-state index contributed by atoms with van der Waals surface area (Å²) in [6.45, 7) is 2.33. The molecule has 0 saturated heterocycles. The van der Waals surface area contributed by atoms with Crippen LogP contribution in [0.15, 0.2) is 36.7 Å². The average molecular weight is 258 g/mol. The molecule has 0 amide bonds. The summed E-state index contributed by atoms with van der Waals surface area (Å²) in [5.41, 5.74) is 1.73. The van der Waals surface area contributed by atoms with Gasteiger partial charge in [0.15, 0.2) is 0 Å². The van der Waals surface area contributed by atoms with Gasteiger partial charge in [0.2, 0.25) is 5.82 Å². The average Bonchev–Trinajstić information content (AvgIpc) is 2.39. The van der Waals surface area contributed by atoms with Gasteiger partial charge in [-0.25, -0.2) is 4.98 Å². The van der Waals surface area contributed by atoms with Crippen molar-refractivity contribution in [1.29, 1.82) is 0 Å². The maximum atomic E-state index is 11.0. The molecule has 0 fully saturated rings. The molecule has 0 aliphatic heterocycles. The minimum Gasteiger partial charge on any atom is -0.350 e. The van der Waals surface area contributed by atoms with E-state index in [1.54, 1.807) is 30.4 Å². The molecule has 2 aromatic heterocycles. The molecule has 0 N–H and O–H groups in total. The fourth-order valence-electron chi connectivity index (χ4n) is 1.80. The summed E-state index contributed by atoms with van der Waals surface area (Å²) in [7, 11) is 1.78. The highest BCUT2D eigenvalue weighted by Gasteiger charge is 2.18. The van der Waals surface area contributed by atoms with Gasteiger partial charge in [-0.1, -0.05) is 6.07 Å². The Morgan fingerprint density at radius 3 is 2.79 bits per heavy atom. The summed E-state index contributed by atoms with van der Waals surface area (Å²) in [6.07, 6.45) is 3.43. The van der Waals surface area contributed by atoms with E-state index in [9.17, 15) is 10.1 Å². The van der Waals surface area contributed by atoms with Crippen molar-refractivity contribution in [3.63, 3.8) is 0 Å². The number of anilines is 1. The zero-order valence-corrected chi connectivity index (χ0v) is 10.8. The van der Waals surface area contributed by atoms with Crippen molar-refractivity contribution >= 4 is 11.5 Å². The Morgan fingerprint density at radius 2 is 2.16 bits per heavy atom. The van der Waals surface area contributed by atoms with Crippen LogP contribution >= 0.6 is 0 Å². The smallest absolute Gasteiger partial charge is 0.311 e. The first kappa shape index (κ1) is 12.9. The van der Waals surface area contributed by atoms with Gasteiger partial charge >= 0.3 is 5.69 Å². The van der Waals surface area contributed by atoms with E-state index in [2.05, 4.69) is 9.97 Å². The lowest BCUT2D eigenvalue weighted by Crippen LogP contribution is -2.19. The second-order valence-electron chi connectivity index (χ2n) is 4.27. The lowest BCUT2D eigenvalue weighted by Gasteiger charge is -2.18. The molecule has 19 heavy (non-hydrogen) atoms. The highest BCUT2D eigenvalue weighted by atomic mass is 16.6. The van der Waals surface area contributed by atoms with Gasteiger partial charge in [-0.15, -0.1) is 0 Å². The molecule has 0 saturated carbocycles. The maximum absolute atomic E-state index is 11.0. The van der Waals surface area contributed by atoms with Crippen LogP contribution in [0.2, 0.25) is 0 Å². The summed E-state index contributed by atoms with van der Waals surface area (Å²) in [6, 6.07) is 6.88. The van der Waals surface area contributed by atoms with Crippen LogP contribution < -0.4 is 4.90 Å². The van der Waals surface area contributed by atoms with Crippen LogP contribution in [0.1, 0.15) is 11.3 Å². The fraction of sp³-hybridized carbons (Fsp3) is 0.231. The first-order valence-corrected chi connectivity index (χ1v) is 5.80. The zero-order chi connectivity index (χ0) is 13.8. The van der Waals surface area contributed by atoms with Crippen LogP contribution in [-0.4, -0.2) is 21.9 Å². The van der Waals surface area contributed by atoms with Crippen molar-refractivity contribution in [2.75, 3.05) is 11.9 Å². The molecule has 98 valence electrons. The second-order valence-corrected chi connectivity index (χ2v) is 4.27. The van der Waals surface area contributed by atoms with Crippen LogP contribution in [0.4, 0.5) is 11.5 Å². The minimum absolute atomic E-state index is 0.0111. The molecule has 0 unspecified atom stereocenters. The van der Waals surface area contributed by atoms with Crippen molar-refractivity contribution < 1.29 is 4.92 Å². The summed E-state index contributed by atoms with van der Waals surface area (Å²) in [4.78, 5) is 20.6. The predicted octanol–water partition coefficient (Wildman–Crippen LogP) is 2.33. The Balaban J connectivity index is 2.30. The molecule has 2 aromatic rings. The Kier molecular flexibility index (Phi) is 3.70. The van der Waals surface area contributed by atoms with E-state index in [1.807, 2.05) is 19.1 Å². The molecule has 0 aromatic carbocycles. The second kappa shape index (κ2) is 5.43. The van der Waals surface area contributed by atoms with E-state index < -0.39 is 4.92 Å². The largest absolute Gasteiger partial charge is 0.350 e. The first-order valence-electron chi connectivity index (χ1n) is 5.80. The van der Waals surface area contributed by atoms with Gasteiger partial charge in [-0.05, 0) is 24.6 Å². The van der Waals surface area contributed by atoms with Gasteiger partial charge in [-0.3, -0.25) is 15.1 Å². The molecule has 2 heterocycles. The van der Waals surface area contributed by atoms with Crippen LogP contribution in [0.5, 0.6) is 0 Å². The molecule has 6 nitrogen and oxygen atoms in total. The SMILES string of the molecule is Cc1ccc([N+](=O)[O-])c(N(C)Cc2cccnc2)n1. The Bertz CT molecular complexity index is 586. The van der Waals surface area contributed by atoms with Crippen molar-refractivity contribution in [3.05, 3.63) is 58.0 Å². The summed E-state index contributed by atoms with van der Waals surface area (Å²) in [5, 5.41) is 11.0. The van der Waals surface area contributed by atoms with Gasteiger partial charge < -0.3 is 4.90 Å².